The highest BCUT2D eigenvalue weighted by atomic mass is 35.5. The second-order valence-corrected chi connectivity index (χ2v) is 5.89. The summed E-state index contributed by atoms with van der Waals surface area (Å²) in [6.45, 7) is 1.45. The van der Waals surface area contributed by atoms with E-state index in [1.807, 2.05) is 0 Å². The van der Waals surface area contributed by atoms with Crippen molar-refractivity contribution in [2.24, 2.45) is 0 Å². The highest BCUT2D eigenvalue weighted by Crippen LogP contribution is 2.36. The molecular formula is C15H11Cl2N3O3. The zero-order chi connectivity index (χ0) is 16.7. The third-order valence-corrected chi connectivity index (χ3v) is 4.21. The smallest absolute Gasteiger partial charge is 0.323 e. The molecule has 8 heteroatoms. The summed E-state index contributed by atoms with van der Waals surface area (Å²) >= 11 is 11.9. The minimum Gasteiger partial charge on any atom is -0.480 e. The average molecular weight is 352 g/mol. The van der Waals surface area contributed by atoms with Crippen molar-refractivity contribution in [2.75, 3.05) is 6.54 Å². The summed E-state index contributed by atoms with van der Waals surface area (Å²) in [4.78, 5) is 32.6. The van der Waals surface area contributed by atoms with Crippen molar-refractivity contribution in [3.05, 3.63) is 45.8 Å². The first-order valence-corrected chi connectivity index (χ1v) is 7.49. The molecule has 1 aromatic carbocycles. The van der Waals surface area contributed by atoms with Crippen LogP contribution in [-0.4, -0.2) is 38.4 Å². The third-order valence-electron chi connectivity index (χ3n) is 3.76. The van der Waals surface area contributed by atoms with Crippen LogP contribution in [0, 0.1) is 0 Å². The van der Waals surface area contributed by atoms with E-state index in [4.69, 9.17) is 28.3 Å². The molecule has 1 aliphatic heterocycles. The van der Waals surface area contributed by atoms with Crippen LogP contribution in [0.2, 0.25) is 10.3 Å². The van der Waals surface area contributed by atoms with E-state index in [2.05, 4.69) is 9.97 Å². The van der Waals surface area contributed by atoms with E-state index in [9.17, 15) is 9.59 Å². The van der Waals surface area contributed by atoms with E-state index in [1.54, 1.807) is 25.1 Å². The molecule has 6 nitrogen and oxygen atoms in total. The molecule has 23 heavy (non-hydrogen) atoms. The first kappa shape index (κ1) is 15.7. The Bertz CT molecular complexity index is 826. The van der Waals surface area contributed by atoms with E-state index < -0.39 is 5.97 Å². The van der Waals surface area contributed by atoms with Crippen molar-refractivity contribution >= 4 is 35.1 Å². The second-order valence-electron chi connectivity index (χ2n) is 5.14. The monoisotopic (exact) mass is 351 g/mol. The molecule has 0 spiro atoms. The van der Waals surface area contributed by atoms with Gasteiger partial charge < -0.3 is 10.0 Å². The Hall–Kier alpha value is -2.18. The lowest BCUT2D eigenvalue weighted by atomic mass is 10.0. The molecule has 0 aliphatic carbocycles. The number of halogens is 2. The van der Waals surface area contributed by atoms with Crippen LogP contribution in [0.25, 0.3) is 11.3 Å². The quantitative estimate of drug-likeness (QED) is 0.859. The van der Waals surface area contributed by atoms with Gasteiger partial charge in [-0.1, -0.05) is 23.7 Å². The number of hydrogen-bond donors (Lipinski definition) is 1. The molecule has 1 N–H and O–H groups in total. The molecule has 0 bridgehead atoms. The van der Waals surface area contributed by atoms with Crippen LogP contribution < -0.4 is 0 Å². The first-order valence-electron chi connectivity index (χ1n) is 6.73. The fourth-order valence-corrected chi connectivity index (χ4v) is 2.99. The van der Waals surface area contributed by atoms with Crippen LogP contribution in [-0.2, 0) is 4.79 Å². The zero-order valence-corrected chi connectivity index (χ0v) is 13.5. The van der Waals surface area contributed by atoms with Crippen LogP contribution >= 0.6 is 23.2 Å². The summed E-state index contributed by atoms with van der Waals surface area (Å²) < 4.78 is 0. The van der Waals surface area contributed by atoms with Crippen molar-refractivity contribution < 1.29 is 14.7 Å². The Morgan fingerprint density at radius 1 is 1.39 bits per heavy atom. The van der Waals surface area contributed by atoms with Gasteiger partial charge in [-0.15, -0.1) is 0 Å². The summed E-state index contributed by atoms with van der Waals surface area (Å²) in [5.74, 6) is -1.38. The summed E-state index contributed by atoms with van der Waals surface area (Å²) in [5, 5.41) is 9.31. The fraction of sp³-hybridized carbons (Fsp3) is 0.200. The topological polar surface area (TPSA) is 83.4 Å². The van der Waals surface area contributed by atoms with Gasteiger partial charge in [0, 0.05) is 11.1 Å². The number of carbonyl (C=O) groups is 2. The molecule has 118 valence electrons. The molecule has 0 fully saturated rings. The van der Waals surface area contributed by atoms with Gasteiger partial charge >= 0.3 is 5.97 Å². The lowest BCUT2D eigenvalue weighted by Crippen LogP contribution is -2.32. The Balaban J connectivity index is 2.05. The predicted molar refractivity (Wildman–Crippen MR) is 84.6 cm³/mol. The number of carboxylic acid groups (broad SMARTS) is 1. The number of amides is 1. The molecule has 1 unspecified atom stereocenters. The minimum absolute atomic E-state index is 0.0529. The molecule has 1 amide bonds. The van der Waals surface area contributed by atoms with E-state index in [-0.39, 0.29) is 23.8 Å². The van der Waals surface area contributed by atoms with Crippen molar-refractivity contribution in [2.45, 2.75) is 13.0 Å². The molecule has 0 radical (unpaired) electrons. The molecule has 2 aromatic rings. The highest BCUT2D eigenvalue weighted by Gasteiger charge is 2.35. The number of carboxylic acids is 1. The zero-order valence-electron chi connectivity index (χ0n) is 12.0. The molecule has 0 saturated carbocycles. The lowest BCUT2D eigenvalue weighted by Gasteiger charge is -2.19. The third kappa shape index (κ3) is 2.75. The number of carbonyl (C=O) groups excluding carboxylic acids is 1. The summed E-state index contributed by atoms with van der Waals surface area (Å²) in [6, 6.07) is 4.91. The molecule has 1 atom stereocenters. The summed E-state index contributed by atoms with van der Waals surface area (Å²) in [7, 11) is 0. The second kappa shape index (κ2) is 5.79. The number of aromatic nitrogens is 2. The average Bonchev–Trinajstić information content (AvgIpc) is 2.74. The van der Waals surface area contributed by atoms with Gasteiger partial charge in [0.2, 0.25) is 5.28 Å². The molecule has 1 aromatic heterocycles. The molecular weight excluding hydrogens is 341 g/mol. The summed E-state index contributed by atoms with van der Waals surface area (Å²) in [5.41, 5.74) is 2.26. The van der Waals surface area contributed by atoms with Crippen molar-refractivity contribution in [1.82, 2.24) is 14.9 Å². The number of fused-ring (bicyclic) bond motifs is 1. The van der Waals surface area contributed by atoms with E-state index >= 15 is 0 Å². The van der Waals surface area contributed by atoms with Crippen LogP contribution in [0.15, 0.2) is 24.4 Å². The van der Waals surface area contributed by atoms with Gasteiger partial charge in [-0.3, -0.25) is 9.59 Å². The SMILES string of the molecule is CC1c2ccc(-c3nc(Cl)ncc3Cl)cc2C(=O)N1CC(=O)O. The van der Waals surface area contributed by atoms with E-state index in [0.717, 1.165) is 5.56 Å². The van der Waals surface area contributed by atoms with Gasteiger partial charge in [0.25, 0.3) is 5.91 Å². The number of rotatable bonds is 3. The fourth-order valence-electron chi connectivity index (χ4n) is 2.65. The van der Waals surface area contributed by atoms with Gasteiger partial charge in [-0.2, -0.15) is 0 Å². The predicted octanol–water partition coefficient (Wildman–Crippen LogP) is 3.05. The highest BCUT2D eigenvalue weighted by molar-refractivity contribution is 6.33. The van der Waals surface area contributed by atoms with Crippen LogP contribution in [0.5, 0.6) is 0 Å². The summed E-state index contributed by atoms with van der Waals surface area (Å²) in [6.07, 6.45) is 1.39. The number of hydrogen-bond acceptors (Lipinski definition) is 4. The Labute approximate surface area is 141 Å². The molecule has 3 rings (SSSR count). The van der Waals surface area contributed by atoms with Crippen LogP contribution in [0.4, 0.5) is 0 Å². The maximum absolute atomic E-state index is 12.4. The van der Waals surface area contributed by atoms with Gasteiger partial charge in [-0.05, 0) is 30.2 Å². The van der Waals surface area contributed by atoms with Gasteiger partial charge in [0.05, 0.1) is 23.0 Å². The Morgan fingerprint density at radius 2 is 2.13 bits per heavy atom. The lowest BCUT2D eigenvalue weighted by molar-refractivity contribution is -0.138. The van der Waals surface area contributed by atoms with E-state index in [1.165, 1.54) is 11.1 Å². The molecule has 0 saturated heterocycles. The van der Waals surface area contributed by atoms with Crippen LogP contribution in [0.1, 0.15) is 28.9 Å². The minimum atomic E-state index is -1.05. The standard InChI is InChI=1S/C15H11Cl2N3O3/c1-7-9-3-2-8(13-11(16)5-18-15(17)19-13)4-10(9)14(23)20(7)6-12(21)22/h2-5,7H,6H2,1H3,(H,21,22). The molecule has 2 heterocycles. The maximum atomic E-state index is 12.4. The first-order chi connectivity index (χ1) is 10.9. The molecule has 1 aliphatic rings. The van der Waals surface area contributed by atoms with Crippen molar-refractivity contribution in [3.63, 3.8) is 0 Å². The number of nitrogens with zero attached hydrogens (tertiary/aromatic N) is 3. The van der Waals surface area contributed by atoms with Crippen molar-refractivity contribution in [1.29, 1.82) is 0 Å². The van der Waals surface area contributed by atoms with Crippen molar-refractivity contribution in [3.8, 4) is 11.3 Å². The maximum Gasteiger partial charge on any atom is 0.323 e. The largest absolute Gasteiger partial charge is 0.480 e. The van der Waals surface area contributed by atoms with Gasteiger partial charge in [-0.25, -0.2) is 9.97 Å². The van der Waals surface area contributed by atoms with Crippen LogP contribution in [0.3, 0.4) is 0 Å². The Morgan fingerprint density at radius 3 is 2.83 bits per heavy atom. The number of benzene rings is 1. The van der Waals surface area contributed by atoms with Gasteiger partial charge in [0.1, 0.15) is 6.54 Å². The Kier molecular flexibility index (Phi) is 3.95. The van der Waals surface area contributed by atoms with Gasteiger partial charge in [0.15, 0.2) is 0 Å². The normalized spacial score (nSPS) is 16.6. The number of aliphatic carboxylic acids is 1. The van der Waals surface area contributed by atoms with E-state index in [0.29, 0.717) is 21.8 Å².